The molecule has 110 valence electrons. The van der Waals surface area contributed by atoms with Crippen molar-refractivity contribution < 1.29 is 18.3 Å². The molecular formula is C12H10ClN3O4S. The monoisotopic (exact) mass is 327 g/mol. The van der Waals surface area contributed by atoms with Gasteiger partial charge in [0, 0.05) is 6.20 Å². The lowest BCUT2D eigenvalue weighted by Crippen LogP contribution is -2.14. The molecule has 0 spiro atoms. The highest BCUT2D eigenvalue weighted by Crippen LogP contribution is 2.21. The van der Waals surface area contributed by atoms with Gasteiger partial charge in [-0.05, 0) is 24.3 Å². The summed E-state index contributed by atoms with van der Waals surface area (Å²) >= 11 is 5.75. The molecule has 2 N–H and O–H groups in total. The smallest absolute Gasteiger partial charge is 0.309 e. The number of halogens is 1. The number of hydrogen-bond acceptors (Lipinski definition) is 5. The molecule has 0 atom stereocenters. The largest absolute Gasteiger partial charge is 0.481 e. The number of carboxylic acids is 1. The summed E-state index contributed by atoms with van der Waals surface area (Å²) in [4.78, 5) is 17.9. The third-order valence-electron chi connectivity index (χ3n) is 2.42. The number of rotatable bonds is 5. The van der Waals surface area contributed by atoms with Crippen LogP contribution in [0.3, 0.4) is 0 Å². The number of anilines is 1. The van der Waals surface area contributed by atoms with Gasteiger partial charge < -0.3 is 5.11 Å². The second-order valence-corrected chi connectivity index (χ2v) is 6.02. The first-order chi connectivity index (χ1) is 9.88. The number of pyridine rings is 2. The van der Waals surface area contributed by atoms with Crippen LogP contribution in [0.4, 0.5) is 5.69 Å². The van der Waals surface area contributed by atoms with E-state index in [1.54, 1.807) is 0 Å². The van der Waals surface area contributed by atoms with Crippen LogP contribution in [-0.4, -0.2) is 29.5 Å². The number of carbonyl (C=O) groups is 1. The normalized spacial score (nSPS) is 11.1. The summed E-state index contributed by atoms with van der Waals surface area (Å²) in [5, 5.41) is 8.49. The van der Waals surface area contributed by atoms with Gasteiger partial charge in [-0.15, -0.1) is 0 Å². The Labute approximate surface area is 125 Å². The fourth-order valence-electron chi connectivity index (χ4n) is 1.53. The van der Waals surface area contributed by atoms with Crippen molar-refractivity contribution in [3.8, 4) is 0 Å². The van der Waals surface area contributed by atoms with Gasteiger partial charge in [-0.1, -0.05) is 11.6 Å². The number of carboxylic acid groups (broad SMARTS) is 1. The molecule has 0 amide bonds. The van der Waals surface area contributed by atoms with E-state index in [1.165, 1.54) is 36.7 Å². The Morgan fingerprint density at radius 1 is 1.29 bits per heavy atom. The van der Waals surface area contributed by atoms with E-state index in [9.17, 15) is 13.2 Å². The molecule has 0 unspecified atom stereocenters. The molecule has 0 saturated heterocycles. The number of nitrogens with zero attached hydrogens (tertiary/aromatic N) is 2. The zero-order valence-electron chi connectivity index (χ0n) is 10.5. The molecule has 0 aliphatic heterocycles. The highest BCUT2D eigenvalue weighted by molar-refractivity contribution is 7.92. The number of aliphatic carboxylic acids is 1. The average molecular weight is 328 g/mol. The minimum absolute atomic E-state index is 0.138. The van der Waals surface area contributed by atoms with Crippen LogP contribution in [0, 0.1) is 0 Å². The van der Waals surface area contributed by atoms with Crippen molar-refractivity contribution in [2.24, 2.45) is 0 Å². The van der Waals surface area contributed by atoms with Crippen LogP contribution in [0.2, 0.25) is 5.15 Å². The summed E-state index contributed by atoms with van der Waals surface area (Å²) < 4.78 is 26.5. The molecule has 2 heterocycles. The van der Waals surface area contributed by atoms with Crippen LogP contribution in [0.15, 0.2) is 41.6 Å². The van der Waals surface area contributed by atoms with Gasteiger partial charge in [0.05, 0.1) is 24.0 Å². The Bertz CT molecular complexity index is 762. The summed E-state index contributed by atoms with van der Waals surface area (Å²) in [6, 6.07) is 5.63. The summed E-state index contributed by atoms with van der Waals surface area (Å²) in [5.41, 5.74) is 0.522. The number of hydrogen-bond donors (Lipinski definition) is 2. The van der Waals surface area contributed by atoms with Crippen molar-refractivity contribution in [2.45, 2.75) is 11.3 Å². The molecule has 0 fully saturated rings. The molecule has 2 rings (SSSR count). The Hall–Kier alpha value is -2.19. The van der Waals surface area contributed by atoms with Crippen LogP contribution in [0.1, 0.15) is 5.69 Å². The van der Waals surface area contributed by atoms with Gasteiger partial charge in [0.2, 0.25) is 0 Å². The summed E-state index contributed by atoms with van der Waals surface area (Å²) in [7, 11) is -3.88. The summed E-state index contributed by atoms with van der Waals surface area (Å²) in [6.07, 6.45) is 2.38. The SMILES string of the molecule is O=C(O)Cc1ccc(NS(=O)(=O)c2cccnc2Cl)cn1. The van der Waals surface area contributed by atoms with Gasteiger partial charge in [-0.25, -0.2) is 13.4 Å². The Balaban J connectivity index is 2.21. The Morgan fingerprint density at radius 2 is 2.05 bits per heavy atom. The fraction of sp³-hybridized carbons (Fsp3) is 0.0833. The molecule has 0 aromatic carbocycles. The van der Waals surface area contributed by atoms with E-state index >= 15 is 0 Å². The average Bonchev–Trinajstić information content (AvgIpc) is 2.40. The molecule has 2 aromatic heterocycles. The molecule has 0 bridgehead atoms. The van der Waals surface area contributed by atoms with Crippen LogP contribution in [0.5, 0.6) is 0 Å². The predicted molar refractivity (Wildman–Crippen MR) is 75.6 cm³/mol. The third-order valence-corrected chi connectivity index (χ3v) is 4.25. The van der Waals surface area contributed by atoms with Gasteiger partial charge in [0.15, 0.2) is 0 Å². The number of nitrogens with one attached hydrogen (secondary N) is 1. The van der Waals surface area contributed by atoms with Crippen molar-refractivity contribution >= 4 is 33.3 Å². The highest BCUT2D eigenvalue weighted by Gasteiger charge is 2.18. The quantitative estimate of drug-likeness (QED) is 0.806. The van der Waals surface area contributed by atoms with Crippen molar-refractivity contribution in [2.75, 3.05) is 4.72 Å². The van der Waals surface area contributed by atoms with Crippen molar-refractivity contribution in [3.63, 3.8) is 0 Å². The van der Waals surface area contributed by atoms with Crippen LogP contribution >= 0.6 is 11.6 Å². The maximum atomic E-state index is 12.1. The van der Waals surface area contributed by atoms with E-state index in [-0.39, 0.29) is 22.2 Å². The topological polar surface area (TPSA) is 109 Å². The van der Waals surface area contributed by atoms with Gasteiger partial charge in [-0.2, -0.15) is 0 Å². The van der Waals surface area contributed by atoms with Gasteiger partial charge in [-0.3, -0.25) is 14.5 Å². The van der Waals surface area contributed by atoms with E-state index in [0.717, 1.165) is 0 Å². The maximum Gasteiger partial charge on any atom is 0.309 e. The maximum absolute atomic E-state index is 12.1. The van der Waals surface area contributed by atoms with Crippen LogP contribution in [-0.2, 0) is 21.2 Å². The first-order valence-corrected chi connectivity index (χ1v) is 7.54. The van der Waals surface area contributed by atoms with Crippen LogP contribution in [0.25, 0.3) is 0 Å². The van der Waals surface area contributed by atoms with Crippen LogP contribution < -0.4 is 4.72 Å². The molecule has 9 heteroatoms. The first-order valence-electron chi connectivity index (χ1n) is 5.68. The Morgan fingerprint density at radius 3 is 2.62 bits per heavy atom. The van der Waals surface area contributed by atoms with E-state index in [2.05, 4.69) is 14.7 Å². The standard InChI is InChI=1S/C12H10ClN3O4S/c13-12-10(2-1-5-14-12)21(19,20)16-9-4-3-8(15-7-9)6-11(17)18/h1-5,7,16H,6H2,(H,17,18). The lowest BCUT2D eigenvalue weighted by molar-refractivity contribution is -0.136. The molecule has 2 aromatic rings. The molecular weight excluding hydrogens is 318 g/mol. The van der Waals surface area contributed by atoms with E-state index < -0.39 is 16.0 Å². The minimum Gasteiger partial charge on any atom is -0.481 e. The molecule has 0 saturated carbocycles. The molecule has 0 aliphatic carbocycles. The summed E-state index contributed by atoms with van der Waals surface area (Å²) in [5.74, 6) is -1.02. The second-order valence-electron chi connectivity index (χ2n) is 4.01. The lowest BCUT2D eigenvalue weighted by atomic mass is 10.3. The lowest BCUT2D eigenvalue weighted by Gasteiger charge is -2.08. The van der Waals surface area contributed by atoms with Crippen molar-refractivity contribution in [1.82, 2.24) is 9.97 Å². The zero-order valence-corrected chi connectivity index (χ0v) is 12.1. The number of aromatic nitrogens is 2. The van der Waals surface area contributed by atoms with Gasteiger partial charge >= 0.3 is 5.97 Å². The molecule has 0 radical (unpaired) electrons. The fourth-order valence-corrected chi connectivity index (χ4v) is 3.02. The molecule has 0 aliphatic rings. The third kappa shape index (κ3) is 3.89. The predicted octanol–water partition coefficient (Wildman–Crippen LogP) is 1.56. The summed E-state index contributed by atoms with van der Waals surface area (Å²) in [6.45, 7) is 0. The first kappa shape index (κ1) is 15.2. The molecule has 7 nitrogen and oxygen atoms in total. The number of sulfonamides is 1. The zero-order chi connectivity index (χ0) is 15.5. The van der Waals surface area contributed by atoms with E-state index in [0.29, 0.717) is 5.69 Å². The van der Waals surface area contributed by atoms with Gasteiger partial charge in [0.1, 0.15) is 10.0 Å². The minimum atomic E-state index is -3.88. The highest BCUT2D eigenvalue weighted by atomic mass is 35.5. The van der Waals surface area contributed by atoms with Gasteiger partial charge in [0.25, 0.3) is 10.0 Å². The van der Waals surface area contributed by atoms with Crippen molar-refractivity contribution in [3.05, 3.63) is 47.5 Å². The molecule has 21 heavy (non-hydrogen) atoms. The Kier molecular flexibility index (Phi) is 4.39. The van der Waals surface area contributed by atoms with E-state index in [4.69, 9.17) is 16.7 Å². The second kappa shape index (κ2) is 6.06. The van der Waals surface area contributed by atoms with E-state index in [1.807, 2.05) is 0 Å². The van der Waals surface area contributed by atoms with Crippen molar-refractivity contribution in [1.29, 1.82) is 0 Å².